The third-order valence-electron chi connectivity index (χ3n) is 3.20. The highest BCUT2D eigenvalue weighted by molar-refractivity contribution is 7.09. The van der Waals surface area contributed by atoms with Crippen molar-refractivity contribution in [1.29, 1.82) is 0 Å². The van der Waals surface area contributed by atoms with Gasteiger partial charge in [-0.25, -0.2) is 4.98 Å². The van der Waals surface area contributed by atoms with Gasteiger partial charge in [-0.05, 0) is 24.1 Å². The van der Waals surface area contributed by atoms with Crippen LogP contribution >= 0.6 is 23.7 Å². The summed E-state index contributed by atoms with van der Waals surface area (Å²) in [6.07, 6.45) is -3.88. The fourth-order valence-corrected chi connectivity index (χ4v) is 2.94. The maximum Gasteiger partial charge on any atom is 0.434 e. The number of carbonyl (C=O) groups is 1. The molecule has 3 N–H and O–H groups in total. The number of hydrogen-bond donors (Lipinski definition) is 2. The molecule has 0 saturated heterocycles. The largest absolute Gasteiger partial charge is 0.434 e. The number of carbonyl (C=O) groups excluding carboxylic acids is 1. The van der Waals surface area contributed by atoms with E-state index >= 15 is 0 Å². The van der Waals surface area contributed by atoms with E-state index in [9.17, 15) is 18.0 Å². The lowest BCUT2D eigenvalue weighted by molar-refractivity contribution is -0.140. The van der Waals surface area contributed by atoms with Gasteiger partial charge in [-0.15, -0.1) is 23.7 Å². The van der Waals surface area contributed by atoms with Crippen LogP contribution in [-0.4, -0.2) is 10.9 Å². The van der Waals surface area contributed by atoms with Gasteiger partial charge in [0.2, 0.25) is 5.91 Å². The molecule has 1 unspecified atom stereocenters. The smallest absolute Gasteiger partial charge is 0.399 e. The number of nitrogens with one attached hydrogen (secondary N) is 1. The molecule has 0 bridgehead atoms. The molecule has 9 heteroatoms. The van der Waals surface area contributed by atoms with Crippen LogP contribution in [0, 0.1) is 0 Å². The number of rotatable bonds is 5. The molecule has 1 atom stereocenters. The topological polar surface area (TPSA) is 68.0 Å². The van der Waals surface area contributed by atoms with E-state index in [4.69, 9.17) is 5.73 Å². The Hall–Kier alpha value is -1.80. The van der Waals surface area contributed by atoms with Crippen molar-refractivity contribution in [2.45, 2.75) is 32.0 Å². The van der Waals surface area contributed by atoms with Crippen LogP contribution in [0.1, 0.15) is 35.7 Å². The normalized spacial score (nSPS) is 12.3. The molecule has 0 aliphatic rings. The lowest BCUT2D eigenvalue weighted by Gasteiger charge is -2.14. The van der Waals surface area contributed by atoms with Gasteiger partial charge in [0.15, 0.2) is 5.69 Å². The monoisotopic (exact) mass is 379 g/mol. The van der Waals surface area contributed by atoms with E-state index < -0.39 is 17.9 Å². The van der Waals surface area contributed by atoms with Gasteiger partial charge < -0.3 is 11.1 Å². The van der Waals surface area contributed by atoms with E-state index in [-0.39, 0.29) is 29.7 Å². The Morgan fingerprint density at radius 3 is 2.46 bits per heavy atom. The van der Waals surface area contributed by atoms with Crippen LogP contribution in [0.5, 0.6) is 0 Å². The average molecular weight is 380 g/mol. The zero-order valence-corrected chi connectivity index (χ0v) is 14.4. The minimum Gasteiger partial charge on any atom is -0.399 e. The molecular formula is C15H17ClF3N3OS. The summed E-state index contributed by atoms with van der Waals surface area (Å²) < 4.78 is 37.8. The summed E-state index contributed by atoms with van der Waals surface area (Å²) in [7, 11) is 0. The molecule has 0 fully saturated rings. The van der Waals surface area contributed by atoms with Crippen LogP contribution in [0.15, 0.2) is 29.6 Å². The molecule has 1 amide bonds. The number of hydrogen-bond acceptors (Lipinski definition) is 4. The van der Waals surface area contributed by atoms with Crippen LogP contribution < -0.4 is 11.1 Å². The number of nitrogen functional groups attached to an aromatic ring is 1. The van der Waals surface area contributed by atoms with Gasteiger partial charge in [0.1, 0.15) is 5.01 Å². The summed E-state index contributed by atoms with van der Waals surface area (Å²) in [5, 5.41) is 3.94. The number of halogens is 4. The van der Waals surface area contributed by atoms with Crippen LogP contribution in [0.25, 0.3) is 0 Å². The highest BCUT2D eigenvalue weighted by atomic mass is 35.5. The number of thiazole rings is 1. The molecule has 1 aromatic heterocycles. The summed E-state index contributed by atoms with van der Waals surface area (Å²) in [5.41, 5.74) is 6.03. The third kappa shape index (κ3) is 5.38. The van der Waals surface area contributed by atoms with E-state index in [2.05, 4.69) is 10.3 Å². The second-order valence-electron chi connectivity index (χ2n) is 5.02. The number of alkyl halides is 3. The number of nitrogens with two attached hydrogens (primary N) is 1. The zero-order valence-electron chi connectivity index (χ0n) is 12.8. The van der Waals surface area contributed by atoms with E-state index in [0.29, 0.717) is 12.1 Å². The van der Waals surface area contributed by atoms with Gasteiger partial charge in [0.05, 0.1) is 12.5 Å². The molecule has 24 heavy (non-hydrogen) atoms. The predicted molar refractivity (Wildman–Crippen MR) is 90.1 cm³/mol. The maximum atomic E-state index is 12.6. The number of anilines is 1. The van der Waals surface area contributed by atoms with Crippen molar-refractivity contribution in [2.24, 2.45) is 0 Å². The Labute approximate surface area is 147 Å². The first-order valence-corrected chi connectivity index (χ1v) is 7.84. The number of benzene rings is 1. The predicted octanol–water partition coefficient (Wildman–Crippen LogP) is 3.98. The van der Waals surface area contributed by atoms with E-state index in [1.165, 1.54) is 0 Å². The Morgan fingerprint density at radius 1 is 1.33 bits per heavy atom. The number of aromatic nitrogens is 1. The minimum absolute atomic E-state index is 0. The highest BCUT2D eigenvalue weighted by Gasteiger charge is 2.34. The Balaban J connectivity index is 0.00000288. The molecule has 0 aliphatic heterocycles. The molecule has 0 saturated carbocycles. The first-order chi connectivity index (χ1) is 10.8. The third-order valence-corrected chi connectivity index (χ3v) is 4.16. The van der Waals surface area contributed by atoms with Gasteiger partial charge >= 0.3 is 6.18 Å². The van der Waals surface area contributed by atoms with Crippen molar-refractivity contribution in [1.82, 2.24) is 10.3 Å². The fourth-order valence-electron chi connectivity index (χ4n) is 1.98. The molecule has 2 aromatic rings. The Bertz CT molecular complexity index is 673. The molecular weight excluding hydrogens is 363 g/mol. The van der Waals surface area contributed by atoms with E-state index in [0.717, 1.165) is 22.3 Å². The number of nitrogens with zero attached hydrogens (tertiary/aromatic N) is 1. The van der Waals surface area contributed by atoms with Crippen LogP contribution in [-0.2, 0) is 17.4 Å². The van der Waals surface area contributed by atoms with Crippen molar-refractivity contribution in [3.8, 4) is 0 Å². The Morgan fingerprint density at radius 2 is 1.96 bits per heavy atom. The molecule has 4 nitrogen and oxygen atoms in total. The Kier molecular flexibility index (Phi) is 7.04. The average Bonchev–Trinajstić information content (AvgIpc) is 2.97. The first kappa shape index (κ1) is 20.2. The summed E-state index contributed by atoms with van der Waals surface area (Å²) in [6, 6.07) is 6.33. The summed E-state index contributed by atoms with van der Waals surface area (Å²) in [5.74, 6) is -0.273. The molecule has 0 spiro atoms. The lowest BCUT2D eigenvalue weighted by Crippen LogP contribution is -2.29. The minimum atomic E-state index is -4.47. The summed E-state index contributed by atoms with van der Waals surface area (Å²) in [4.78, 5) is 15.6. The van der Waals surface area contributed by atoms with Crippen molar-refractivity contribution < 1.29 is 18.0 Å². The van der Waals surface area contributed by atoms with Crippen LogP contribution in [0.4, 0.5) is 18.9 Å². The first-order valence-electron chi connectivity index (χ1n) is 6.96. The lowest BCUT2D eigenvalue weighted by atomic mass is 10.1. The second kappa shape index (κ2) is 8.34. The molecule has 132 valence electrons. The van der Waals surface area contributed by atoms with Crippen LogP contribution in [0.3, 0.4) is 0 Å². The van der Waals surface area contributed by atoms with Crippen molar-refractivity contribution >= 4 is 35.3 Å². The standard InChI is InChI=1S/C15H16F3N3OS.ClH/c1-2-11(14-21-12(8-23-14)15(16,17)18)20-13(22)7-9-3-5-10(19)6-4-9;/h3-6,8,11H,2,7,19H2,1H3,(H,20,22);1H. The van der Waals surface area contributed by atoms with E-state index in [1.54, 1.807) is 31.2 Å². The SMILES string of the molecule is CCC(NC(=O)Cc1ccc(N)cc1)c1nc(C(F)(F)F)cs1.Cl. The van der Waals surface area contributed by atoms with Crippen molar-refractivity contribution in [3.05, 3.63) is 45.9 Å². The summed E-state index contributed by atoms with van der Waals surface area (Å²) in [6.45, 7) is 1.78. The maximum absolute atomic E-state index is 12.6. The second-order valence-corrected chi connectivity index (χ2v) is 5.91. The van der Waals surface area contributed by atoms with Gasteiger partial charge in [0, 0.05) is 11.1 Å². The van der Waals surface area contributed by atoms with Crippen molar-refractivity contribution in [3.63, 3.8) is 0 Å². The zero-order chi connectivity index (χ0) is 17.0. The molecule has 1 heterocycles. The highest BCUT2D eigenvalue weighted by Crippen LogP contribution is 2.32. The van der Waals surface area contributed by atoms with E-state index in [1.807, 2.05) is 0 Å². The van der Waals surface area contributed by atoms with Gasteiger partial charge in [-0.1, -0.05) is 19.1 Å². The molecule has 2 rings (SSSR count). The number of amides is 1. The summed E-state index contributed by atoms with van der Waals surface area (Å²) >= 11 is 0.897. The van der Waals surface area contributed by atoms with Crippen molar-refractivity contribution in [2.75, 3.05) is 5.73 Å². The quantitative estimate of drug-likeness (QED) is 0.772. The molecule has 1 aromatic carbocycles. The van der Waals surface area contributed by atoms with Gasteiger partial charge in [0.25, 0.3) is 0 Å². The van der Waals surface area contributed by atoms with Gasteiger partial charge in [-0.3, -0.25) is 4.79 Å². The van der Waals surface area contributed by atoms with Crippen LogP contribution in [0.2, 0.25) is 0 Å². The fraction of sp³-hybridized carbons (Fsp3) is 0.333. The molecule has 0 radical (unpaired) electrons. The van der Waals surface area contributed by atoms with Gasteiger partial charge in [-0.2, -0.15) is 13.2 Å². The molecule has 0 aliphatic carbocycles.